The molecule has 7 nitrogen and oxygen atoms in total. The second-order valence-corrected chi connectivity index (χ2v) is 11.2. The number of aliphatic hydroxyl groups is 1. The third-order valence-corrected chi connectivity index (χ3v) is 8.35. The van der Waals surface area contributed by atoms with Crippen LogP contribution in [0.4, 0.5) is 5.13 Å². The molecule has 1 saturated carbocycles. The minimum absolute atomic E-state index is 0.00867. The summed E-state index contributed by atoms with van der Waals surface area (Å²) in [6.07, 6.45) is 7.36. The number of hydrogen-bond donors (Lipinski definition) is 2. The molecule has 176 valence electrons. The van der Waals surface area contributed by atoms with Crippen molar-refractivity contribution in [3.63, 3.8) is 0 Å². The van der Waals surface area contributed by atoms with Gasteiger partial charge in [-0.1, -0.05) is 26.7 Å². The molecule has 2 amide bonds. The van der Waals surface area contributed by atoms with E-state index in [0.29, 0.717) is 11.7 Å². The van der Waals surface area contributed by atoms with Crippen LogP contribution in [-0.4, -0.2) is 72.0 Å². The molecule has 0 aromatic carbocycles. The molecule has 1 aromatic heterocycles. The molecule has 0 aliphatic heterocycles. The number of likely N-dealkylation sites (N-methyl/N-ethyl adjacent to an activating group) is 1. The van der Waals surface area contributed by atoms with Crippen LogP contribution in [0.2, 0.25) is 0 Å². The van der Waals surface area contributed by atoms with Gasteiger partial charge in [-0.3, -0.25) is 9.59 Å². The van der Waals surface area contributed by atoms with E-state index in [1.807, 2.05) is 25.9 Å². The van der Waals surface area contributed by atoms with Crippen molar-refractivity contribution in [2.45, 2.75) is 52.1 Å². The van der Waals surface area contributed by atoms with E-state index in [-0.39, 0.29) is 47.4 Å². The highest BCUT2D eigenvalue weighted by atomic mass is 32.1. The summed E-state index contributed by atoms with van der Waals surface area (Å²) in [5, 5.41) is 15.0. The molecule has 2 N–H and O–H groups in total. The first-order valence-corrected chi connectivity index (χ1v) is 12.1. The Morgan fingerprint density at radius 2 is 2.09 bits per heavy atom. The van der Waals surface area contributed by atoms with E-state index in [0.717, 1.165) is 25.0 Å². The minimum atomic E-state index is -0.594. The Kier molecular flexibility index (Phi) is 7.33. The lowest BCUT2D eigenvalue weighted by molar-refractivity contribution is -0.142. The lowest BCUT2D eigenvalue weighted by Gasteiger charge is -2.53. The van der Waals surface area contributed by atoms with Gasteiger partial charge in [-0.2, -0.15) is 0 Å². The molecule has 0 radical (unpaired) electrons. The zero-order valence-electron chi connectivity index (χ0n) is 20.0. The molecular formula is C24H36N4O3S. The van der Waals surface area contributed by atoms with Crippen LogP contribution < -0.4 is 5.32 Å². The number of carbonyl (C=O) groups excluding carboxylic acids is 2. The number of amides is 2. The van der Waals surface area contributed by atoms with Gasteiger partial charge >= 0.3 is 0 Å². The lowest BCUT2D eigenvalue weighted by Crippen LogP contribution is -2.53. The van der Waals surface area contributed by atoms with Gasteiger partial charge in [0, 0.05) is 23.8 Å². The van der Waals surface area contributed by atoms with Crippen molar-refractivity contribution in [2.24, 2.45) is 23.2 Å². The molecule has 0 spiro atoms. The second kappa shape index (κ2) is 9.50. The molecule has 3 rings (SSSR count). The Bertz CT molecular complexity index is 908. The van der Waals surface area contributed by atoms with Crippen LogP contribution in [-0.2, 0) is 16.0 Å². The summed E-state index contributed by atoms with van der Waals surface area (Å²) < 4.78 is 0. The number of rotatable bonds is 6. The molecule has 6 atom stereocenters. The van der Waals surface area contributed by atoms with E-state index in [1.165, 1.54) is 4.88 Å². The van der Waals surface area contributed by atoms with Crippen LogP contribution in [0.25, 0.3) is 0 Å². The maximum absolute atomic E-state index is 12.8. The smallest absolute Gasteiger partial charge is 0.240 e. The Hall–Kier alpha value is -1.95. The first-order valence-electron chi connectivity index (χ1n) is 11.3. The molecule has 1 fully saturated rings. The van der Waals surface area contributed by atoms with Crippen LogP contribution in [0.5, 0.6) is 0 Å². The number of carbonyl (C=O) groups is 2. The highest BCUT2D eigenvalue weighted by molar-refractivity contribution is 7.15. The standard InChI is InChI=1S/C24H36N4O3S/c1-8-11-28(7)22(31)14(2)16-9-10-24(4)12-17-20(15(3)19(24)21(16)30)26-23(32-17)25-18(29)13-27(5)6/h1,14-16,19,21,30H,9-13H2,2-7H3,(H,25,26,29). The molecule has 0 saturated heterocycles. The first kappa shape index (κ1) is 24.7. The third kappa shape index (κ3) is 4.70. The molecule has 2 aliphatic carbocycles. The van der Waals surface area contributed by atoms with E-state index >= 15 is 0 Å². The number of anilines is 1. The van der Waals surface area contributed by atoms with Crippen LogP contribution in [0, 0.1) is 35.5 Å². The average Bonchev–Trinajstić information content (AvgIpc) is 3.08. The topological polar surface area (TPSA) is 85.8 Å². The van der Waals surface area contributed by atoms with Gasteiger partial charge in [0.2, 0.25) is 11.8 Å². The number of aromatic nitrogens is 1. The van der Waals surface area contributed by atoms with Gasteiger partial charge in [-0.25, -0.2) is 4.98 Å². The average molecular weight is 461 g/mol. The number of terminal acetylenes is 1. The van der Waals surface area contributed by atoms with Crippen molar-refractivity contribution in [1.29, 1.82) is 0 Å². The number of aliphatic hydroxyl groups excluding tert-OH is 1. The normalized spacial score (nSPS) is 30.1. The molecule has 2 aliphatic rings. The summed E-state index contributed by atoms with van der Waals surface area (Å²) >= 11 is 1.55. The SMILES string of the molecule is C#CCN(C)C(=O)C(C)C1CCC2(C)Cc3sc(NC(=O)CN(C)C)nc3C(C)C2C1O. The van der Waals surface area contributed by atoms with E-state index < -0.39 is 6.10 Å². The Labute approximate surface area is 195 Å². The second-order valence-electron chi connectivity index (χ2n) is 10.1. The number of nitrogens with one attached hydrogen (secondary N) is 1. The fraction of sp³-hybridized carbons (Fsp3) is 0.708. The molecule has 8 heteroatoms. The van der Waals surface area contributed by atoms with E-state index in [2.05, 4.69) is 25.1 Å². The van der Waals surface area contributed by atoms with Gasteiger partial charge in [0.25, 0.3) is 0 Å². The third-order valence-electron chi connectivity index (χ3n) is 7.36. The highest BCUT2D eigenvalue weighted by Gasteiger charge is 2.54. The molecule has 6 unspecified atom stereocenters. The van der Waals surface area contributed by atoms with Crippen molar-refractivity contribution < 1.29 is 14.7 Å². The van der Waals surface area contributed by atoms with Crippen molar-refractivity contribution in [2.75, 3.05) is 39.5 Å². The molecule has 1 heterocycles. The predicted molar refractivity (Wildman–Crippen MR) is 127 cm³/mol. The molecule has 32 heavy (non-hydrogen) atoms. The van der Waals surface area contributed by atoms with Crippen LogP contribution in [0.3, 0.4) is 0 Å². The van der Waals surface area contributed by atoms with Gasteiger partial charge in [-0.15, -0.1) is 17.8 Å². The summed E-state index contributed by atoms with van der Waals surface area (Å²) in [5.74, 6) is 2.07. The number of fused-ring (bicyclic) bond motifs is 2. The molecular weight excluding hydrogens is 424 g/mol. The largest absolute Gasteiger partial charge is 0.392 e. The summed E-state index contributed by atoms with van der Waals surface area (Å²) in [6.45, 7) is 6.85. The van der Waals surface area contributed by atoms with E-state index in [9.17, 15) is 14.7 Å². The monoisotopic (exact) mass is 460 g/mol. The van der Waals surface area contributed by atoms with Gasteiger partial charge in [0.15, 0.2) is 5.13 Å². The zero-order chi connectivity index (χ0) is 23.8. The summed E-state index contributed by atoms with van der Waals surface area (Å²) in [7, 11) is 5.43. The zero-order valence-corrected chi connectivity index (χ0v) is 20.8. The lowest BCUT2D eigenvalue weighted by atomic mass is 9.53. The maximum Gasteiger partial charge on any atom is 0.240 e. The highest BCUT2D eigenvalue weighted by Crippen LogP contribution is 2.57. The summed E-state index contributed by atoms with van der Waals surface area (Å²) in [4.78, 5) is 34.4. The Balaban J connectivity index is 1.81. The molecule has 1 aromatic rings. The fourth-order valence-electron chi connectivity index (χ4n) is 5.79. The number of hydrogen-bond acceptors (Lipinski definition) is 6. The minimum Gasteiger partial charge on any atom is -0.392 e. The van der Waals surface area contributed by atoms with Crippen molar-refractivity contribution in [3.05, 3.63) is 10.6 Å². The van der Waals surface area contributed by atoms with Crippen LogP contribution >= 0.6 is 11.3 Å². The van der Waals surface area contributed by atoms with Crippen LogP contribution in [0.1, 0.15) is 50.1 Å². The van der Waals surface area contributed by atoms with Crippen molar-refractivity contribution in [3.8, 4) is 12.3 Å². The van der Waals surface area contributed by atoms with Gasteiger partial charge in [0.1, 0.15) is 0 Å². The van der Waals surface area contributed by atoms with Gasteiger partial charge in [-0.05, 0) is 50.6 Å². The van der Waals surface area contributed by atoms with Crippen molar-refractivity contribution in [1.82, 2.24) is 14.8 Å². The Morgan fingerprint density at radius 3 is 2.72 bits per heavy atom. The quantitative estimate of drug-likeness (QED) is 0.637. The Morgan fingerprint density at radius 1 is 1.41 bits per heavy atom. The number of nitrogens with zero attached hydrogens (tertiary/aromatic N) is 3. The first-order chi connectivity index (χ1) is 15.0. The van der Waals surface area contributed by atoms with E-state index in [4.69, 9.17) is 11.4 Å². The van der Waals surface area contributed by atoms with E-state index in [1.54, 1.807) is 23.3 Å². The predicted octanol–water partition coefficient (Wildman–Crippen LogP) is 2.42. The number of thiazole rings is 1. The summed E-state index contributed by atoms with van der Waals surface area (Å²) in [6, 6.07) is 0. The maximum atomic E-state index is 12.8. The van der Waals surface area contributed by atoms with Crippen LogP contribution in [0.15, 0.2) is 0 Å². The van der Waals surface area contributed by atoms with Crippen molar-refractivity contribution >= 4 is 28.3 Å². The molecule has 0 bridgehead atoms. The fourth-order valence-corrected chi connectivity index (χ4v) is 7.07. The summed E-state index contributed by atoms with van der Waals surface area (Å²) in [5.41, 5.74) is 0.911. The van der Waals surface area contributed by atoms with Gasteiger partial charge in [0.05, 0.1) is 24.9 Å². The van der Waals surface area contributed by atoms with Gasteiger partial charge < -0.3 is 20.2 Å².